The molecule has 0 N–H and O–H groups in total. The van der Waals surface area contributed by atoms with Crippen molar-refractivity contribution in [2.75, 3.05) is 6.61 Å². The molecule has 0 radical (unpaired) electrons. The molecule has 0 spiro atoms. The van der Waals surface area contributed by atoms with Crippen molar-refractivity contribution < 1.29 is 23.7 Å². The number of carbonyl (C=O) groups excluding carboxylic acids is 1. The third-order valence-corrected chi connectivity index (χ3v) is 4.67. The van der Waals surface area contributed by atoms with Gasteiger partial charge in [-0.2, -0.15) is 0 Å². The summed E-state index contributed by atoms with van der Waals surface area (Å²) in [6, 6.07) is 18.6. The van der Waals surface area contributed by atoms with Crippen LogP contribution in [-0.2, 0) is 18.9 Å². The molecule has 2 aliphatic rings. The third kappa shape index (κ3) is 4.10. The molecule has 2 aromatic rings. The molecule has 4 atom stereocenters. The molecular weight excluding hydrogens is 356 g/mol. The molecule has 0 amide bonds. The summed E-state index contributed by atoms with van der Waals surface area (Å²) in [7, 11) is 0. The lowest BCUT2D eigenvalue weighted by Crippen LogP contribution is -2.33. The lowest BCUT2D eigenvalue weighted by molar-refractivity contribution is -0.184. The molecule has 4 rings (SSSR count). The number of hydrogen-bond donors (Lipinski definition) is 0. The second-order valence-electron chi connectivity index (χ2n) is 7.26. The number of carbonyl (C=O) groups is 1. The summed E-state index contributed by atoms with van der Waals surface area (Å²) in [5, 5.41) is 0. The van der Waals surface area contributed by atoms with Crippen LogP contribution in [0.4, 0.5) is 0 Å². The van der Waals surface area contributed by atoms with E-state index in [1.807, 2.05) is 50.2 Å². The van der Waals surface area contributed by atoms with Crippen molar-refractivity contribution in [2.45, 2.75) is 44.1 Å². The molecule has 0 aliphatic carbocycles. The fourth-order valence-electron chi connectivity index (χ4n) is 3.42. The Morgan fingerprint density at radius 3 is 2.36 bits per heavy atom. The van der Waals surface area contributed by atoms with E-state index in [1.54, 1.807) is 24.3 Å². The van der Waals surface area contributed by atoms with E-state index in [1.165, 1.54) is 0 Å². The molecule has 0 unspecified atom stereocenters. The lowest BCUT2D eigenvalue weighted by atomic mass is 10.1. The molecule has 144 valence electrons. The zero-order chi connectivity index (χ0) is 19.6. The first-order valence-corrected chi connectivity index (χ1v) is 9.32. The van der Waals surface area contributed by atoms with Crippen molar-refractivity contribution >= 4 is 5.97 Å². The molecule has 0 aromatic heterocycles. The second kappa shape index (κ2) is 7.76. The maximum Gasteiger partial charge on any atom is 0.338 e. The largest absolute Gasteiger partial charge is 0.459 e. The minimum atomic E-state index is -0.729. The van der Waals surface area contributed by atoms with E-state index in [0.717, 1.165) is 5.56 Å². The van der Waals surface area contributed by atoms with Crippen molar-refractivity contribution in [1.29, 1.82) is 0 Å². The summed E-state index contributed by atoms with van der Waals surface area (Å²) in [6.45, 7) is 3.80. The van der Waals surface area contributed by atoms with Crippen LogP contribution in [0.15, 0.2) is 60.7 Å². The fraction of sp³-hybridized carbons (Fsp3) is 0.348. The molecule has 28 heavy (non-hydrogen) atoms. The van der Waals surface area contributed by atoms with Crippen LogP contribution in [0.5, 0.6) is 0 Å². The third-order valence-electron chi connectivity index (χ3n) is 4.67. The van der Waals surface area contributed by atoms with Crippen LogP contribution in [0, 0.1) is 11.8 Å². The summed E-state index contributed by atoms with van der Waals surface area (Å²) < 4.78 is 23.5. The van der Waals surface area contributed by atoms with Crippen molar-refractivity contribution in [3.8, 4) is 11.8 Å². The molecule has 0 saturated carbocycles. The first-order valence-electron chi connectivity index (χ1n) is 9.32. The van der Waals surface area contributed by atoms with E-state index < -0.39 is 24.0 Å². The van der Waals surface area contributed by atoms with Gasteiger partial charge in [-0.25, -0.2) is 4.79 Å². The molecule has 2 aliphatic heterocycles. The molecule has 5 nitrogen and oxygen atoms in total. The minimum Gasteiger partial charge on any atom is -0.459 e. The Morgan fingerprint density at radius 2 is 1.64 bits per heavy atom. The molecule has 2 heterocycles. The second-order valence-corrected chi connectivity index (χ2v) is 7.26. The van der Waals surface area contributed by atoms with Gasteiger partial charge in [0.05, 0.1) is 5.56 Å². The molecule has 2 saturated heterocycles. The zero-order valence-corrected chi connectivity index (χ0v) is 15.8. The van der Waals surface area contributed by atoms with E-state index in [4.69, 9.17) is 18.9 Å². The standard InChI is InChI=1S/C23H22O5/c1-23(2)27-20-18(14-13-16-9-5-3-6-10-16)26-19(21(20)28-23)15-25-22(24)17-11-7-4-8-12-17/h3-12,18-21H,15H2,1-2H3/t18-,19+,20-,21+/m0/s1. The van der Waals surface area contributed by atoms with E-state index in [0.29, 0.717) is 5.56 Å². The first kappa shape index (κ1) is 18.7. The highest BCUT2D eigenvalue weighted by atomic mass is 16.8. The average molecular weight is 378 g/mol. The highest BCUT2D eigenvalue weighted by Gasteiger charge is 2.55. The Hall–Kier alpha value is -2.65. The SMILES string of the molecule is CC1(C)O[C@@H]2[C@H](O1)[C@@H](COC(=O)c1ccccc1)O[C@H]2C#Cc1ccccc1. The molecule has 2 aromatic carbocycles. The van der Waals surface area contributed by atoms with Gasteiger partial charge in [-0.15, -0.1) is 0 Å². The first-order chi connectivity index (χ1) is 13.5. The Balaban J connectivity index is 1.46. The fourth-order valence-corrected chi connectivity index (χ4v) is 3.42. The van der Waals surface area contributed by atoms with Crippen LogP contribution in [0.3, 0.4) is 0 Å². The number of esters is 1. The van der Waals surface area contributed by atoms with Crippen molar-refractivity contribution in [3.05, 3.63) is 71.8 Å². The Morgan fingerprint density at radius 1 is 1.00 bits per heavy atom. The van der Waals surface area contributed by atoms with Gasteiger partial charge in [0, 0.05) is 5.56 Å². The Bertz CT molecular complexity index is 881. The molecule has 0 bridgehead atoms. The maximum absolute atomic E-state index is 12.2. The van der Waals surface area contributed by atoms with Gasteiger partial charge in [0.2, 0.25) is 0 Å². The van der Waals surface area contributed by atoms with Gasteiger partial charge >= 0.3 is 5.97 Å². The number of benzene rings is 2. The van der Waals surface area contributed by atoms with Gasteiger partial charge in [-0.05, 0) is 38.1 Å². The number of ether oxygens (including phenoxy) is 4. The van der Waals surface area contributed by atoms with Gasteiger partial charge in [0.25, 0.3) is 0 Å². The summed E-state index contributed by atoms with van der Waals surface area (Å²) in [6.07, 6.45) is -1.55. The number of rotatable bonds is 3. The predicted molar refractivity (Wildman–Crippen MR) is 103 cm³/mol. The van der Waals surface area contributed by atoms with Crippen LogP contribution in [-0.4, -0.2) is 42.8 Å². The van der Waals surface area contributed by atoms with Crippen LogP contribution < -0.4 is 0 Å². The highest BCUT2D eigenvalue weighted by molar-refractivity contribution is 5.89. The van der Waals surface area contributed by atoms with Crippen molar-refractivity contribution in [1.82, 2.24) is 0 Å². The van der Waals surface area contributed by atoms with E-state index in [-0.39, 0.29) is 18.8 Å². The average Bonchev–Trinajstić information content (AvgIpc) is 3.19. The summed E-state index contributed by atoms with van der Waals surface area (Å²) in [5.74, 6) is 5.14. The van der Waals surface area contributed by atoms with Crippen LogP contribution in [0.1, 0.15) is 29.8 Å². The maximum atomic E-state index is 12.2. The monoisotopic (exact) mass is 378 g/mol. The smallest absolute Gasteiger partial charge is 0.338 e. The molecular formula is C23H22O5. The quantitative estimate of drug-likeness (QED) is 0.607. The van der Waals surface area contributed by atoms with E-state index in [9.17, 15) is 4.79 Å². The zero-order valence-electron chi connectivity index (χ0n) is 15.8. The highest BCUT2D eigenvalue weighted by Crippen LogP contribution is 2.38. The van der Waals surface area contributed by atoms with Crippen molar-refractivity contribution in [2.24, 2.45) is 0 Å². The van der Waals surface area contributed by atoms with E-state index in [2.05, 4.69) is 11.8 Å². The topological polar surface area (TPSA) is 54.0 Å². The predicted octanol–water partition coefficient (Wildman–Crippen LogP) is 3.18. The summed E-state index contributed by atoms with van der Waals surface area (Å²) >= 11 is 0. The number of fused-ring (bicyclic) bond motifs is 1. The van der Waals surface area contributed by atoms with Gasteiger partial charge < -0.3 is 18.9 Å². The Labute approximate surface area is 164 Å². The van der Waals surface area contributed by atoms with Crippen molar-refractivity contribution in [3.63, 3.8) is 0 Å². The molecule has 5 heteroatoms. The number of hydrogen-bond acceptors (Lipinski definition) is 5. The lowest BCUT2D eigenvalue weighted by Gasteiger charge is -2.22. The van der Waals surface area contributed by atoms with E-state index >= 15 is 0 Å². The Kier molecular flexibility index (Phi) is 5.19. The van der Waals surface area contributed by atoms with Crippen LogP contribution >= 0.6 is 0 Å². The van der Waals surface area contributed by atoms with Gasteiger partial charge in [0.1, 0.15) is 31.0 Å². The van der Waals surface area contributed by atoms with Crippen LogP contribution in [0.25, 0.3) is 0 Å². The minimum absolute atomic E-state index is 0.0812. The van der Waals surface area contributed by atoms with Gasteiger partial charge in [0.15, 0.2) is 5.79 Å². The van der Waals surface area contributed by atoms with Gasteiger partial charge in [-0.3, -0.25) is 0 Å². The van der Waals surface area contributed by atoms with Crippen LogP contribution in [0.2, 0.25) is 0 Å². The molecule has 2 fully saturated rings. The summed E-state index contributed by atoms with van der Waals surface area (Å²) in [4.78, 5) is 12.2. The normalized spacial score (nSPS) is 27.5. The van der Waals surface area contributed by atoms with Gasteiger partial charge in [-0.1, -0.05) is 48.2 Å². The summed E-state index contributed by atoms with van der Waals surface area (Å²) in [5.41, 5.74) is 1.40.